The summed E-state index contributed by atoms with van der Waals surface area (Å²) in [6.07, 6.45) is 0.941. The van der Waals surface area contributed by atoms with E-state index >= 15 is 0 Å². The molecule has 0 amide bonds. The lowest BCUT2D eigenvalue weighted by atomic mass is 9.90. The Balaban J connectivity index is 1.90. The first-order chi connectivity index (χ1) is 9.50. The summed E-state index contributed by atoms with van der Waals surface area (Å²) in [4.78, 5) is 0.342. The van der Waals surface area contributed by atoms with E-state index in [1.165, 1.54) is 0 Å². The van der Waals surface area contributed by atoms with Crippen LogP contribution in [0.1, 0.15) is 12.0 Å². The van der Waals surface area contributed by atoms with Crippen LogP contribution in [0.4, 0.5) is 0 Å². The summed E-state index contributed by atoms with van der Waals surface area (Å²) in [6.45, 7) is 4.93. The second-order valence-corrected chi connectivity index (χ2v) is 8.01. The van der Waals surface area contributed by atoms with Crippen molar-refractivity contribution in [2.75, 3.05) is 26.2 Å². The first-order valence-electron chi connectivity index (χ1n) is 6.96. The molecule has 1 aromatic carbocycles. The maximum absolute atomic E-state index is 12.8. The predicted octanol–water partition coefficient (Wildman–Crippen LogP) is 1.88. The third-order valence-electron chi connectivity index (χ3n) is 4.50. The predicted molar refractivity (Wildman–Crippen MR) is 79.4 cm³/mol. The van der Waals surface area contributed by atoms with E-state index < -0.39 is 10.0 Å². The number of nitrogens with one attached hydrogen (secondary N) is 1. The summed E-state index contributed by atoms with van der Waals surface area (Å²) in [6, 6.07) is 5.07. The fourth-order valence-electron chi connectivity index (χ4n) is 3.23. The van der Waals surface area contributed by atoms with Gasteiger partial charge in [-0.1, -0.05) is 17.7 Å². The molecule has 2 aliphatic rings. The molecule has 0 aliphatic carbocycles. The van der Waals surface area contributed by atoms with Crippen molar-refractivity contribution >= 4 is 21.6 Å². The van der Waals surface area contributed by atoms with Crippen molar-refractivity contribution in [2.24, 2.45) is 11.8 Å². The summed E-state index contributed by atoms with van der Waals surface area (Å²) >= 11 is 6.05. The van der Waals surface area contributed by atoms with Crippen LogP contribution in [0.2, 0.25) is 5.02 Å². The molecule has 0 spiro atoms. The van der Waals surface area contributed by atoms with Crippen LogP contribution in [0, 0.1) is 18.8 Å². The number of rotatable bonds is 2. The van der Waals surface area contributed by atoms with Crippen LogP contribution in [0.3, 0.4) is 0 Å². The molecular weight excluding hydrogens is 296 g/mol. The lowest BCUT2D eigenvalue weighted by molar-refractivity contribution is 0.228. The number of hydrogen-bond donors (Lipinski definition) is 1. The van der Waals surface area contributed by atoms with Crippen molar-refractivity contribution in [3.05, 3.63) is 28.8 Å². The Kier molecular flexibility index (Phi) is 3.79. The molecule has 0 bridgehead atoms. The Morgan fingerprint density at radius 1 is 1.30 bits per heavy atom. The van der Waals surface area contributed by atoms with Gasteiger partial charge in [-0.15, -0.1) is 0 Å². The van der Waals surface area contributed by atoms with E-state index in [9.17, 15) is 8.42 Å². The lowest BCUT2D eigenvalue weighted by Gasteiger charge is -2.33. The van der Waals surface area contributed by atoms with E-state index in [4.69, 9.17) is 11.6 Å². The van der Waals surface area contributed by atoms with Gasteiger partial charge in [0, 0.05) is 18.1 Å². The van der Waals surface area contributed by atoms with Gasteiger partial charge in [0.05, 0.1) is 4.90 Å². The standard InChI is InChI=1S/C14H19ClN2O2S/c1-10-13(15)3-2-4-14(10)20(18,19)17-6-5-11-7-16-8-12(11)9-17/h2-4,11-12,16H,5-9H2,1H3. The fraction of sp³-hybridized carbons (Fsp3) is 0.571. The van der Waals surface area contributed by atoms with Crippen molar-refractivity contribution in [1.82, 2.24) is 9.62 Å². The molecule has 2 unspecified atom stereocenters. The summed E-state index contributed by atoms with van der Waals surface area (Å²) in [5.74, 6) is 1.07. The van der Waals surface area contributed by atoms with Crippen LogP contribution in [0.25, 0.3) is 0 Å². The van der Waals surface area contributed by atoms with Crippen LogP contribution in [-0.2, 0) is 10.0 Å². The zero-order valence-electron chi connectivity index (χ0n) is 11.5. The first kappa shape index (κ1) is 14.3. The van der Waals surface area contributed by atoms with Crippen molar-refractivity contribution in [3.8, 4) is 0 Å². The molecule has 0 saturated carbocycles. The van der Waals surface area contributed by atoms with Crippen LogP contribution in [0.15, 0.2) is 23.1 Å². The van der Waals surface area contributed by atoms with Crippen molar-refractivity contribution < 1.29 is 8.42 Å². The van der Waals surface area contributed by atoms with Gasteiger partial charge in [-0.3, -0.25) is 0 Å². The van der Waals surface area contributed by atoms with E-state index in [1.54, 1.807) is 29.4 Å². The fourth-order valence-corrected chi connectivity index (χ4v) is 5.22. The summed E-state index contributed by atoms with van der Waals surface area (Å²) in [5, 5.41) is 3.86. The molecule has 0 radical (unpaired) electrons. The van der Waals surface area contributed by atoms with Gasteiger partial charge in [-0.05, 0) is 56.0 Å². The molecule has 20 heavy (non-hydrogen) atoms. The Morgan fingerprint density at radius 2 is 2.05 bits per heavy atom. The number of nitrogens with zero attached hydrogens (tertiary/aromatic N) is 1. The third-order valence-corrected chi connectivity index (χ3v) is 6.92. The Bertz CT molecular complexity index is 618. The Hall–Kier alpha value is -0.620. The molecule has 2 saturated heterocycles. The largest absolute Gasteiger partial charge is 0.316 e. The van der Waals surface area contributed by atoms with Crippen LogP contribution >= 0.6 is 11.6 Å². The minimum atomic E-state index is -3.43. The number of sulfonamides is 1. The van der Waals surface area contributed by atoms with Crippen molar-refractivity contribution in [3.63, 3.8) is 0 Å². The Labute approximate surface area is 125 Å². The molecule has 2 fully saturated rings. The van der Waals surface area contributed by atoms with Gasteiger partial charge in [0.25, 0.3) is 0 Å². The monoisotopic (exact) mass is 314 g/mol. The van der Waals surface area contributed by atoms with Crippen molar-refractivity contribution in [1.29, 1.82) is 0 Å². The smallest absolute Gasteiger partial charge is 0.243 e. The molecule has 2 aliphatic heterocycles. The van der Waals surface area contributed by atoms with E-state index in [-0.39, 0.29) is 0 Å². The number of halogens is 1. The summed E-state index contributed by atoms with van der Waals surface area (Å²) in [5.41, 5.74) is 0.640. The molecule has 2 heterocycles. The third kappa shape index (κ3) is 2.37. The van der Waals surface area contributed by atoms with Crippen LogP contribution < -0.4 is 5.32 Å². The average molecular weight is 315 g/mol. The van der Waals surface area contributed by atoms with E-state index in [1.807, 2.05) is 0 Å². The highest BCUT2D eigenvalue weighted by atomic mass is 35.5. The van der Waals surface area contributed by atoms with Gasteiger partial charge < -0.3 is 5.32 Å². The van der Waals surface area contributed by atoms with E-state index in [0.29, 0.717) is 40.4 Å². The summed E-state index contributed by atoms with van der Waals surface area (Å²) in [7, 11) is -3.43. The normalized spacial score (nSPS) is 27.5. The number of piperidine rings is 1. The minimum Gasteiger partial charge on any atom is -0.316 e. The van der Waals surface area contributed by atoms with Gasteiger partial charge in [-0.2, -0.15) is 4.31 Å². The van der Waals surface area contributed by atoms with Gasteiger partial charge in [0.15, 0.2) is 0 Å². The minimum absolute atomic E-state index is 0.342. The quantitative estimate of drug-likeness (QED) is 0.907. The van der Waals surface area contributed by atoms with Gasteiger partial charge in [0.2, 0.25) is 10.0 Å². The van der Waals surface area contributed by atoms with Crippen molar-refractivity contribution in [2.45, 2.75) is 18.2 Å². The topological polar surface area (TPSA) is 49.4 Å². The first-order valence-corrected chi connectivity index (χ1v) is 8.78. The lowest BCUT2D eigenvalue weighted by Crippen LogP contribution is -2.43. The highest BCUT2D eigenvalue weighted by Crippen LogP contribution is 2.32. The number of benzene rings is 1. The van der Waals surface area contributed by atoms with Gasteiger partial charge in [0.1, 0.15) is 0 Å². The molecule has 0 aromatic heterocycles. The van der Waals surface area contributed by atoms with Crippen LogP contribution in [0.5, 0.6) is 0 Å². The molecule has 1 aromatic rings. The van der Waals surface area contributed by atoms with Gasteiger partial charge in [-0.25, -0.2) is 8.42 Å². The van der Waals surface area contributed by atoms with Crippen LogP contribution in [-0.4, -0.2) is 38.9 Å². The highest BCUT2D eigenvalue weighted by molar-refractivity contribution is 7.89. The molecule has 2 atom stereocenters. The molecule has 6 heteroatoms. The molecular formula is C14H19ClN2O2S. The SMILES string of the molecule is Cc1c(Cl)cccc1S(=O)(=O)N1CCC2CNCC2C1. The maximum Gasteiger partial charge on any atom is 0.243 e. The maximum atomic E-state index is 12.8. The number of fused-ring (bicyclic) bond motifs is 1. The second-order valence-electron chi connectivity index (χ2n) is 5.69. The Morgan fingerprint density at radius 3 is 2.85 bits per heavy atom. The zero-order valence-corrected chi connectivity index (χ0v) is 13.0. The van der Waals surface area contributed by atoms with E-state index in [0.717, 1.165) is 19.5 Å². The second kappa shape index (κ2) is 5.30. The number of hydrogen-bond acceptors (Lipinski definition) is 3. The van der Waals surface area contributed by atoms with Gasteiger partial charge >= 0.3 is 0 Å². The molecule has 1 N–H and O–H groups in total. The summed E-state index contributed by atoms with van der Waals surface area (Å²) < 4.78 is 27.2. The molecule has 3 rings (SSSR count). The molecule has 110 valence electrons. The highest BCUT2D eigenvalue weighted by Gasteiger charge is 2.38. The zero-order chi connectivity index (χ0) is 14.3. The van der Waals surface area contributed by atoms with E-state index in [2.05, 4.69) is 5.32 Å². The molecule has 4 nitrogen and oxygen atoms in total. The average Bonchev–Trinajstić information content (AvgIpc) is 2.89.